The first-order valence-corrected chi connectivity index (χ1v) is 8.87. The van der Waals surface area contributed by atoms with Gasteiger partial charge in [-0.1, -0.05) is 0 Å². The van der Waals surface area contributed by atoms with Crippen LogP contribution in [0.1, 0.15) is 45.4 Å². The summed E-state index contributed by atoms with van der Waals surface area (Å²) in [6.07, 6.45) is 5.74. The number of nitrogens with zero attached hydrogens (tertiary/aromatic N) is 2. The molecule has 3 aliphatic heterocycles. The number of rotatable bonds is 3. The van der Waals surface area contributed by atoms with E-state index in [-0.39, 0.29) is 30.1 Å². The van der Waals surface area contributed by atoms with Crippen LogP contribution < -0.4 is 0 Å². The van der Waals surface area contributed by atoms with E-state index in [4.69, 9.17) is 9.47 Å². The summed E-state index contributed by atoms with van der Waals surface area (Å²) in [5.74, 6) is 0.258. The average Bonchev–Trinajstić information content (AvgIpc) is 3.08. The summed E-state index contributed by atoms with van der Waals surface area (Å²) in [6, 6.07) is 0. The highest BCUT2D eigenvalue weighted by molar-refractivity contribution is 5.77. The smallest absolute Gasteiger partial charge is 0.248 e. The normalized spacial score (nSPS) is 27.4. The Morgan fingerprint density at radius 1 is 1.13 bits per heavy atom. The molecular weight excluding hydrogens is 296 g/mol. The van der Waals surface area contributed by atoms with Crippen molar-refractivity contribution < 1.29 is 19.1 Å². The summed E-state index contributed by atoms with van der Waals surface area (Å²) in [4.78, 5) is 27.3. The van der Waals surface area contributed by atoms with Gasteiger partial charge in [-0.05, 0) is 32.1 Å². The number of carbonyl (C=O) groups excluding carboxylic acids is 2. The molecule has 0 aromatic rings. The second-order valence-electron chi connectivity index (χ2n) is 7.05. The van der Waals surface area contributed by atoms with Crippen LogP contribution in [0.2, 0.25) is 0 Å². The van der Waals surface area contributed by atoms with E-state index in [1.807, 2.05) is 9.80 Å². The van der Waals surface area contributed by atoms with E-state index in [9.17, 15) is 9.59 Å². The Balaban J connectivity index is 1.46. The van der Waals surface area contributed by atoms with E-state index in [0.717, 1.165) is 64.7 Å². The molecule has 6 heteroatoms. The van der Waals surface area contributed by atoms with E-state index in [0.29, 0.717) is 6.61 Å². The van der Waals surface area contributed by atoms with Crippen LogP contribution in [0.4, 0.5) is 0 Å². The minimum Gasteiger partial charge on any atom is -0.375 e. The number of hydrogen-bond acceptors (Lipinski definition) is 4. The Labute approximate surface area is 138 Å². The van der Waals surface area contributed by atoms with Crippen molar-refractivity contribution in [3.05, 3.63) is 0 Å². The van der Waals surface area contributed by atoms with Crippen LogP contribution in [-0.2, 0) is 19.1 Å². The maximum absolute atomic E-state index is 12.1. The molecule has 3 aliphatic rings. The molecule has 2 amide bonds. The molecule has 3 rings (SSSR count). The molecule has 0 N–H and O–H groups in total. The summed E-state index contributed by atoms with van der Waals surface area (Å²) in [7, 11) is 0. The molecule has 23 heavy (non-hydrogen) atoms. The fourth-order valence-electron chi connectivity index (χ4n) is 3.95. The van der Waals surface area contributed by atoms with E-state index in [1.165, 1.54) is 0 Å². The third kappa shape index (κ3) is 4.04. The molecular formula is C17H28N2O4. The van der Waals surface area contributed by atoms with Crippen LogP contribution in [0.25, 0.3) is 0 Å². The first-order chi connectivity index (χ1) is 11.1. The topological polar surface area (TPSA) is 59.1 Å². The molecule has 1 unspecified atom stereocenters. The van der Waals surface area contributed by atoms with Gasteiger partial charge in [-0.3, -0.25) is 9.59 Å². The third-order valence-electron chi connectivity index (χ3n) is 5.47. The molecule has 1 spiro atoms. The van der Waals surface area contributed by atoms with Crippen LogP contribution in [0.3, 0.4) is 0 Å². The van der Waals surface area contributed by atoms with Crippen molar-refractivity contribution >= 4 is 11.8 Å². The van der Waals surface area contributed by atoms with Gasteiger partial charge in [0.05, 0.1) is 11.7 Å². The summed E-state index contributed by atoms with van der Waals surface area (Å²) in [6.45, 7) is 5.77. The Morgan fingerprint density at radius 3 is 2.48 bits per heavy atom. The molecule has 3 heterocycles. The number of hydrogen-bond donors (Lipinski definition) is 0. The lowest BCUT2D eigenvalue weighted by molar-refractivity contribution is -0.166. The van der Waals surface area contributed by atoms with Crippen LogP contribution >= 0.6 is 0 Å². The molecule has 1 atom stereocenters. The van der Waals surface area contributed by atoms with Gasteiger partial charge in [0, 0.05) is 46.1 Å². The zero-order valence-electron chi connectivity index (χ0n) is 14.1. The molecule has 0 saturated carbocycles. The van der Waals surface area contributed by atoms with Crippen LogP contribution in [0.5, 0.6) is 0 Å². The minimum absolute atomic E-state index is 0.0965. The van der Waals surface area contributed by atoms with Crippen molar-refractivity contribution in [3.8, 4) is 0 Å². The Bertz CT molecular complexity index is 440. The summed E-state index contributed by atoms with van der Waals surface area (Å²) >= 11 is 0. The number of likely N-dealkylation sites (tertiary alicyclic amines) is 2. The minimum atomic E-state index is -0.161. The van der Waals surface area contributed by atoms with Gasteiger partial charge in [0.25, 0.3) is 0 Å². The zero-order valence-corrected chi connectivity index (χ0v) is 14.1. The van der Waals surface area contributed by atoms with E-state index in [2.05, 4.69) is 0 Å². The lowest BCUT2D eigenvalue weighted by Crippen LogP contribution is -2.52. The highest BCUT2D eigenvalue weighted by Crippen LogP contribution is 2.36. The van der Waals surface area contributed by atoms with Gasteiger partial charge in [-0.15, -0.1) is 0 Å². The quantitative estimate of drug-likeness (QED) is 0.782. The largest absolute Gasteiger partial charge is 0.375 e. The van der Waals surface area contributed by atoms with Crippen LogP contribution in [0.15, 0.2) is 0 Å². The first kappa shape index (κ1) is 16.7. The van der Waals surface area contributed by atoms with E-state index >= 15 is 0 Å². The van der Waals surface area contributed by atoms with Gasteiger partial charge in [0.15, 0.2) is 0 Å². The Hall–Kier alpha value is -1.14. The molecule has 6 nitrogen and oxygen atoms in total. The maximum atomic E-state index is 12.1. The number of piperidine rings is 1. The van der Waals surface area contributed by atoms with Crippen molar-refractivity contribution in [1.82, 2.24) is 9.80 Å². The predicted molar refractivity (Wildman–Crippen MR) is 85.0 cm³/mol. The molecule has 3 saturated heterocycles. The number of carbonyl (C=O) groups is 2. The van der Waals surface area contributed by atoms with Gasteiger partial charge in [-0.2, -0.15) is 0 Å². The third-order valence-corrected chi connectivity index (χ3v) is 5.47. The SMILES string of the molecule is CC(=O)N1CCC2(CC1)CC(OCC(=O)N1CCCC1)CCO2. The van der Waals surface area contributed by atoms with Gasteiger partial charge < -0.3 is 19.3 Å². The molecule has 0 aromatic heterocycles. The fraction of sp³-hybridized carbons (Fsp3) is 0.882. The fourth-order valence-corrected chi connectivity index (χ4v) is 3.95. The summed E-state index contributed by atoms with van der Waals surface area (Å²) in [5, 5.41) is 0. The van der Waals surface area contributed by atoms with Crippen molar-refractivity contribution in [1.29, 1.82) is 0 Å². The standard InChI is InChI=1S/C17H28N2O4/c1-14(20)18-9-5-17(6-10-18)12-15(4-11-23-17)22-13-16(21)19-7-2-3-8-19/h15H,2-13H2,1H3. The van der Waals surface area contributed by atoms with Gasteiger partial charge >= 0.3 is 0 Å². The van der Waals surface area contributed by atoms with E-state index < -0.39 is 0 Å². The van der Waals surface area contributed by atoms with E-state index in [1.54, 1.807) is 6.92 Å². The molecule has 0 aliphatic carbocycles. The second-order valence-corrected chi connectivity index (χ2v) is 7.05. The van der Waals surface area contributed by atoms with Crippen molar-refractivity contribution in [2.24, 2.45) is 0 Å². The van der Waals surface area contributed by atoms with Gasteiger partial charge in [0.2, 0.25) is 11.8 Å². The Kier molecular flexibility index (Phi) is 5.21. The lowest BCUT2D eigenvalue weighted by atomic mass is 9.83. The first-order valence-electron chi connectivity index (χ1n) is 8.87. The van der Waals surface area contributed by atoms with Crippen molar-refractivity contribution in [3.63, 3.8) is 0 Å². The molecule has 0 aromatic carbocycles. The number of ether oxygens (including phenoxy) is 2. The molecule has 0 bridgehead atoms. The molecule has 130 valence electrons. The average molecular weight is 324 g/mol. The highest BCUT2D eigenvalue weighted by atomic mass is 16.5. The molecule has 3 fully saturated rings. The summed E-state index contributed by atoms with van der Waals surface area (Å²) < 4.78 is 12.0. The highest BCUT2D eigenvalue weighted by Gasteiger charge is 2.41. The lowest BCUT2D eigenvalue weighted by Gasteiger charge is -2.45. The summed E-state index contributed by atoms with van der Waals surface area (Å²) in [5.41, 5.74) is -0.161. The monoisotopic (exact) mass is 324 g/mol. The maximum Gasteiger partial charge on any atom is 0.248 e. The number of amides is 2. The van der Waals surface area contributed by atoms with Gasteiger partial charge in [0.1, 0.15) is 6.61 Å². The molecule has 0 radical (unpaired) electrons. The van der Waals surface area contributed by atoms with Crippen molar-refractivity contribution in [2.75, 3.05) is 39.4 Å². The Morgan fingerprint density at radius 2 is 1.83 bits per heavy atom. The zero-order chi connectivity index (χ0) is 16.3. The van der Waals surface area contributed by atoms with Crippen LogP contribution in [0, 0.1) is 0 Å². The predicted octanol–water partition coefficient (Wildman–Crippen LogP) is 1.19. The van der Waals surface area contributed by atoms with Gasteiger partial charge in [-0.25, -0.2) is 0 Å². The second kappa shape index (κ2) is 7.18. The van der Waals surface area contributed by atoms with Crippen LogP contribution in [-0.4, -0.2) is 72.7 Å². The van der Waals surface area contributed by atoms with Crippen molar-refractivity contribution in [2.45, 2.75) is 57.2 Å².